The van der Waals surface area contributed by atoms with Crippen molar-refractivity contribution in [2.24, 2.45) is 5.92 Å². The highest BCUT2D eigenvalue weighted by Crippen LogP contribution is 2.21. The minimum Gasteiger partial charge on any atom is -0.444 e. The fraction of sp³-hybridized carbons (Fsp3) is 0.769. The van der Waals surface area contributed by atoms with Crippen LogP contribution in [0.4, 0.5) is 4.79 Å². The number of nitrogens with zero attached hydrogens (tertiary/aromatic N) is 3. The van der Waals surface area contributed by atoms with Crippen LogP contribution in [-0.4, -0.2) is 44.9 Å². The molecule has 1 unspecified atom stereocenters. The predicted octanol–water partition coefficient (Wildman–Crippen LogP) is 1.99. The van der Waals surface area contributed by atoms with Gasteiger partial charge in [-0.15, -0.1) is 0 Å². The van der Waals surface area contributed by atoms with E-state index in [4.69, 9.17) is 4.74 Å². The molecule has 0 saturated carbocycles. The van der Waals surface area contributed by atoms with Gasteiger partial charge in [-0.3, -0.25) is 5.10 Å². The molecule has 0 spiro atoms. The van der Waals surface area contributed by atoms with Crippen LogP contribution in [0, 0.1) is 5.92 Å². The molecule has 1 aliphatic heterocycles. The quantitative estimate of drug-likeness (QED) is 0.888. The van der Waals surface area contributed by atoms with Crippen LogP contribution in [0.5, 0.6) is 0 Å². The number of H-pyrrole nitrogens is 1. The number of amides is 1. The second-order valence-electron chi connectivity index (χ2n) is 6.05. The lowest BCUT2D eigenvalue weighted by Gasteiger charge is -2.33. The van der Waals surface area contributed by atoms with Crippen molar-refractivity contribution in [2.45, 2.75) is 45.6 Å². The predicted molar refractivity (Wildman–Crippen MR) is 70.6 cm³/mol. The maximum absolute atomic E-state index is 12.0. The molecule has 2 heterocycles. The number of ether oxygens (including phenoxy) is 1. The molecule has 1 aliphatic rings. The average Bonchev–Trinajstić information content (AvgIpc) is 2.80. The SMILES string of the molecule is CC(C)(C)OC(=O)N1CCCC(Cc2nc[nH]n2)C1. The molecule has 19 heavy (non-hydrogen) atoms. The second-order valence-corrected chi connectivity index (χ2v) is 6.05. The number of nitrogens with one attached hydrogen (secondary N) is 1. The first-order valence-corrected chi connectivity index (χ1v) is 6.76. The Labute approximate surface area is 113 Å². The summed E-state index contributed by atoms with van der Waals surface area (Å²) in [5.74, 6) is 1.23. The van der Waals surface area contributed by atoms with Gasteiger partial charge < -0.3 is 9.64 Å². The Morgan fingerprint density at radius 3 is 3.00 bits per heavy atom. The fourth-order valence-corrected chi connectivity index (χ4v) is 2.32. The first-order valence-electron chi connectivity index (χ1n) is 6.76. The van der Waals surface area contributed by atoms with Gasteiger partial charge in [0.2, 0.25) is 0 Å². The number of aromatic nitrogens is 3. The summed E-state index contributed by atoms with van der Waals surface area (Å²) in [6, 6.07) is 0. The molecule has 1 amide bonds. The number of carbonyl (C=O) groups is 1. The van der Waals surface area contributed by atoms with Crippen molar-refractivity contribution < 1.29 is 9.53 Å². The average molecular weight is 266 g/mol. The summed E-state index contributed by atoms with van der Waals surface area (Å²) < 4.78 is 5.41. The Morgan fingerprint density at radius 1 is 1.58 bits per heavy atom. The summed E-state index contributed by atoms with van der Waals surface area (Å²) in [5.41, 5.74) is -0.437. The molecule has 0 radical (unpaired) electrons. The van der Waals surface area contributed by atoms with Crippen LogP contribution in [0.25, 0.3) is 0 Å². The lowest BCUT2D eigenvalue weighted by atomic mass is 9.95. The van der Waals surface area contributed by atoms with E-state index in [0.29, 0.717) is 5.92 Å². The van der Waals surface area contributed by atoms with Gasteiger partial charge in [0.15, 0.2) is 5.82 Å². The van der Waals surface area contributed by atoms with Gasteiger partial charge in [-0.25, -0.2) is 9.78 Å². The molecule has 1 saturated heterocycles. The van der Waals surface area contributed by atoms with Crippen molar-refractivity contribution in [2.75, 3.05) is 13.1 Å². The Bertz CT molecular complexity index is 411. The van der Waals surface area contributed by atoms with E-state index in [-0.39, 0.29) is 6.09 Å². The van der Waals surface area contributed by atoms with Crippen molar-refractivity contribution in [3.05, 3.63) is 12.2 Å². The number of rotatable bonds is 2. The topological polar surface area (TPSA) is 71.1 Å². The Morgan fingerprint density at radius 2 is 2.37 bits per heavy atom. The van der Waals surface area contributed by atoms with Crippen LogP contribution < -0.4 is 0 Å². The van der Waals surface area contributed by atoms with Gasteiger partial charge in [0.05, 0.1) is 0 Å². The number of likely N-dealkylation sites (tertiary alicyclic amines) is 1. The van der Waals surface area contributed by atoms with Crippen molar-refractivity contribution >= 4 is 6.09 Å². The zero-order valence-corrected chi connectivity index (χ0v) is 11.8. The first kappa shape index (κ1) is 13.8. The number of carbonyl (C=O) groups excluding carboxylic acids is 1. The minimum absolute atomic E-state index is 0.216. The molecule has 106 valence electrons. The van der Waals surface area contributed by atoms with Crippen molar-refractivity contribution in [3.8, 4) is 0 Å². The minimum atomic E-state index is -0.437. The van der Waals surface area contributed by atoms with E-state index in [1.54, 1.807) is 11.2 Å². The van der Waals surface area contributed by atoms with Crippen molar-refractivity contribution in [1.29, 1.82) is 0 Å². The van der Waals surface area contributed by atoms with Gasteiger partial charge in [0.25, 0.3) is 0 Å². The van der Waals surface area contributed by atoms with Gasteiger partial charge in [-0.05, 0) is 39.5 Å². The molecule has 1 fully saturated rings. The zero-order chi connectivity index (χ0) is 13.9. The highest BCUT2D eigenvalue weighted by Gasteiger charge is 2.28. The van der Waals surface area contributed by atoms with E-state index in [2.05, 4.69) is 15.2 Å². The molecular weight excluding hydrogens is 244 g/mol. The van der Waals surface area contributed by atoms with Crippen LogP contribution in [-0.2, 0) is 11.2 Å². The highest BCUT2D eigenvalue weighted by molar-refractivity contribution is 5.68. The van der Waals surface area contributed by atoms with Gasteiger partial charge in [0.1, 0.15) is 11.9 Å². The van der Waals surface area contributed by atoms with Crippen LogP contribution in [0.2, 0.25) is 0 Å². The molecular formula is C13H22N4O2. The maximum Gasteiger partial charge on any atom is 0.410 e. The molecule has 6 heteroatoms. The highest BCUT2D eigenvalue weighted by atomic mass is 16.6. The normalized spacial score (nSPS) is 20.4. The fourth-order valence-electron chi connectivity index (χ4n) is 2.32. The Hall–Kier alpha value is -1.59. The summed E-state index contributed by atoms with van der Waals surface area (Å²) in [6.45, 7) is 7.17. The molecule has 1 aromatic heterocycles. The third-order valence-electron chi connectivity index (χ3n) is 3.11. The van der Waals surface area contributed by atoms with Crippen molar-refractivity contribution in [1.82, 2.24) is 20.1 Å². The number of aromatic amines is 1. The third-order valence-corrected chi connectivity index (χ3v) is 3.11. The first-order chi connectivity index (χ1) is 8.94. The van der Waals surface area contributed by atoms with Crippen LogP contribution in [0.15, 0.2) is 6.33 Å². The van der Waals surface area contributed by atoms with E-state index in [1.807, 2.05) is 20.8 Å². The molecule has 0 aromatic carbocycles. The van der Waals surface area contributed by atoms with Gasteiger partial charge >= 0.3 is 6.09 Å². The Balaban J connectivity index is 1.88. The van der Waals surface area contributed by atoms with E-state index >= 15 is 0 Å². The summed E-state index contributed by atoms with van der Waals surface area (Å²) in [4.78, 5) is 18.0. The standard InChI is InChI=1S/C13H22N4O2/c1-13(2,3)19-12(18)17-6-4-5-10(8-17)7-11-14-9-15-16-11/h9-10H,4-8H2,1-3H3,(H,14,15,16). The summed E-state index contributed by atoms with van der Waals surface area (Å²) in [5, 5.41) is 6.79. The van der Waals surface area contributed by atoms with E-state index < -0.39 is 5.60 Å². The summed E-state index contributed by atoms with van der Waals surface area (Å²) >= 11 is 0. The van der Waals surface area contributed by atoms with Crippen LogP contribution in [0.1, 0.15) is 39.4 Å². The summed E-state index contributed by atoms with van der Waals surface area (Å²) in [6.07, 6.45) is 4.29. The molecule has 2 rings (SSSR count). The lowest BCUT2D eigenvalue weighted by molar-refractivity contribution is 0.0165. The smallest absolute Gasteiger partial charge is 0.410 e. The van der Waals surface area contributed by atoms with Gasteiger partial charge in [0, 0.05) is 19.5 Å². The molecule has 0 bridgehead atoms. The van der Waals surface area contributed by atoms with Crippen molar-refractivity contribution in [3.63, 3.8) is 0 Å². The van der Waals surface area contributed by atoms with E-state index in [0.717, 1.165) is 38.2 Å². The molecule has 6 nitrogen and oxygen atoms in total. The number of hydrogen-bond acceptors (Lipinski definition) is 4. The largest absolute Gasteiger partial charge is 0.444 e. The summed E-state index contributed by atoms with van der Waals surface area (Å²) in [7, 11) is 0. The van der Waals surface area contributed by atoms with Crippen LogP contribution in [0.3, 0.4) is 0 Å². The lowest BCUT2D eigenvalue weighted by Crippen LogP contribution is -2.43. The molecule has 1 aromatic rings. The zero-order valence-electron chi connectivity index (χ0n) is 11.8. The van der Waals surface area contributed by atoms with E-state index in [9.17, 15) is 4.79 Å². The second kappa shape index (κ2) is 5.59. The monoisotopic (exact) mass is 266 g/mol. The third kappa shape index (κ3) is 4.22. The number of hydrogen-bond donors (Lipinski definition) is 1. The Kier molecular flexibility index (Phi) is 4.07. The van der Waals surface area contributed by atoms with E-state index in [1.165, 1.54) is 0 Å². The molecule has 1 N–H and O–H groups in total. The maximum atomic E-state index is 12.0. The van der Waals surface area contributed by atoms with Crippen LogP contribution >= 0.6 is 0 Å². The molecule has 1 atom stereocenters. The number of piperidine rings is 1. The molecule has 0 aliphatic carbocycles. The van der Waals surface area contributed by atoms with Gasteiger partial charge in [-0.1, -0.05) is 0 Å². The van der Waals surface area contributed by atoms with Gasteiger partial charge in [-0.2, -0.15) is 5.10 Å².